The number of hydrogen-bond donors (Lipinski definition) is 1. The van der Waals surface area contributed by atoms with Crippen LogP contribution < -0.4 is 17.3 Å². The lowest BCUT2D eigenvalue weighted by molar-refractivity contribution is -0.896. The van der Waals surface area contributed by atoms with Crippen molar-refractivity contribution in [1.29, 1.82) is 0 Å². The van der Waals surface area contributed by atoms with Gasteiger partial charge in [0.2, 0.25) is 0 Å². The lowest BCUT2D eigenvalue weighted by Gasteiger charge is -2.17. The van der Waals surface area contributed by atoms with Crippen molar-refractivity contribution in [1.82, 2.24) is 0 Å². The molecule has 0 aliphatic heterocycles. The van der Waals surface area contributed by atoms with Gasteiger partial charge in [0.1, 0.15) is 5.92 Å². The van der Waals surface area contributed by atoms with E-state index in [1.54, 1.807) is 4.90 Å². The second kappa shape index (κ2) is 13.3. The molecule has 0 saturated heterocycles. The van der Waals surface area contributed by atoms with E-state index in [-0.39, 0.29) is 24.3 Å². The number of hydrogen-bond acceptors (Lipinski definition) is 2. The second-order valence-electron chi connectivity index (χ2n) is 6.69. The summed E-state index contributed by atoms with van der Waals surface area (Å²) in [5.41, 5.74) is 1.96. The lowest BCUT2D eigenvalue weighted by Crippen LogP contribution is -3.11. The van der Waals surface area contributed by atoms with E-state index in [0.29, 0.717) is 6.61 Å². The van der Waals surface area contributed by atoms with Gasteiger partial charge in [-0.15, -0.1) is 0 Å². The summed E-state index contributed by atoms with van der Waals surface area (Å²) in [6.45, 7) is 8.53. The van der Waals surface area contributed by atoms with Crippen molar-refractivity contribution in [2.75, 3.05) is 26.2 Å². The molecule has 27 heavy (non-hydrogen) atoms. The molecule has 148 valence electrons. The maximum atomic E-state index is 12.8. The first kappa shape index (κ1) is 23.2. The van der Waals surface area contributed by atoms with E-state index in [1.807, 2.05) is 60.7 Å². The van der Waals surface area contributed by atoms with Gasteiger partial charge in [0.25, 0.3) is 0 Å². The van der Waals surface area contributed by atoms with E-state index in [9.17, 15) is 4.79 Å². The molecule has 0 aliphatic rings. The summed E-state index contributed by atoms with van der Waals surface area (Å²) in [4.78, 5) is 14.4. The minimum Gasteiger partial charge on any atom is -1.00 e. The molecule has 0 fully saturated rings. The van der Waals surface area contributed by atoms with Crippen molar-refractivity contribution in [3.63, 3.8) is 0 Å². The van der Waals surface area contributed by atoms with Crippen LogP contribution >= 0.6 is 0 Å². The Bertz CT molecular complexity index is 590. The van der Waals surface area contributed by atoms with Gasteiger partial charge in [-0.3, -0.25) is 4.79 Å². The van der Waals surface area contributed by atoms with Crippen LogP contribution in [-0.4, -0.2) is 32.2 Å². The van der Waals surface area contributed by atoms with Crippen molar-refractivity contribution >= 4 is 5.97 Å². The molecule has 3 nitrogen and oxygen atoms in total. The molecule has 0 saturated carbocycles. The number of quaternary nitrogens is 1. The van der Waals surface area contributed by atoms with Gasteiger partial charge in [0, 0.05) is 0 Å². The van der Waals surface area contributed by atoms with Crippen LogP contribution in [0.15, 0.2) is 60.7 Å². The van der Waals surface area contributed by atoms with E-state index in [2.05, 4.69) is 13.8 Å². The third-order valence-electron chi connectivity index (χ3n) is 4.92. The first-order valence-electron chi connectivity index (χ1n) is 9.86. The normalized spacial score (nSPS) is 10.7. The largest absolute Gasteiger partial charge is 1.00 e. The SMILES string of the molecule is CC[NH+](CC)CCCCCOC(=O)C(c1ccccc1)c1ccccc1.[Cl-]. The summed E-state index contributed by atoms with van der Waals surface area (Å²) >= 11 is 0. The third kappa shape index (κ3) is 7.74. The molecule has 0 bridgehead atoms. The predicted molar refractivity (Wildman–Crippen MR) is 106 cm³/mol. The maximum Gasteiger partial charge on any atom is 0.317 e. The summed E-state index contributed by atoms with van der Waals surface area (Å²) in [6.07, 6.45) is 3.23. The Kier molecular flexibility index (Phi) is 11.5. The van der Waals surface area contributed by atoms with Gasteiger partial charge in [0.05, 0.1) is 26.2 Å². The van der Waals surface area contributed by atoms with Crippen LogP contribution in [0.2, 0.25) is 0 Å². The van der Waals surface area contributed by atoms with Crippen molar-refractivity contribution in [2.45, 2.75) is 39.0 Å². The lowest BCUT2D eigenvalue weighted by atomic mass is 9.91. The van der Waals surface area contributed by atoms with Gasteiger partial charge >= 0.3 is 5.97 Å². The topological polar surface area (TPSA) is 30.7 Å². The Morgan fingerprint density at radius 1 is 0.852 bits per heavy atom. The van der Waals surface area contributed by atoms with Crippen LogP contribution in [0.4, 0.5) is 0 Å². The minimum atomic E-state index is -0.350. The predicted octanol–water partition coefficient (Wildman–Crippen LogP) is 0.461. The molecule has 1 N–H and O–H groups in total. The first-order valence-corrected chi connectivity index (χ1v) is 9.86. The molecule has 4 heteroatoms. The smallest absolute Gasteiger partial charge is 0.317 e. The van der Waals surface area contributed by atoms with Crippen molar-refractivity contribution in [3.05, 3.63) is 71.8 Å². The van der Waals surface area contributed by atoms with E-state index in [4.69, 9.17) is 4.74 Å². The first-order chi connectivity index (χ1) is 12.8. The van der Waals surface area contributed by atoms with Crippen LogP contribution in [0.1, 0.15) is 50.2 Å². The average Bonchev–Trinajstić information content (AvgIpc) is 2.69. The molecule has 0 atom stereocenters. The summed E-state index contributed by atoms with van der Waals surface area (Å²) in [6, 6.07) is 19.8. The minimum absolute atomic E-state index is 0. The van der Waals surface area contributed by atoms with Crippen LogP contribution in [0.3, 0.4) is 0 Å². The number of esters is 1. The Morgan fingerprint density at radius 3 is 1.85 bits per heavy atom. The second-order valence-corrected chi connectivity index (χ2v) is 6.69. The van der Waals surface area contributed by atoms with Crippen LogP contribution in [0.5, 0.6) is 0 Å². The molecule has 2 rings (SSSR count). The molecule has 2 aromatic carbocycles. The van der Waals surface area contributed by atoms with Crippen molar-refractivity contribution in [2.24, 2.45) is 0 Å². The fraction of sp³-hybridized carbons (Fsp3) is 0.435. The molecular formula is C23H32ClNO2. The third-order valence-corrected chi connectivity index (χ3v) is 4.92. The number of rotatable bonds is 11. The van der Waals surface area contributed by atoms with Crippen LogP contribution in [0, 0.1) is 0 Å². The zero-order chi connectivity index (χ0) is 18.6. The quantitative estimate of drug-likeness (QED) is 0.447. The molecule has 0 heterocycles. The Labute approximate surface area is 170 Å². The number of benzene rings is 2. The highest BCUT2D eigenvalue weighted by Crippen LogP contribution is 2.26. The Hall–Kier alpha value is -1.84. The highest BCUT2D eigenvalue weighted by atomic mass is 35.5. The summed E-state index contributed by atoms with van der Waals surface area (Å²) < 4.78 is 5.63. The van der Waals surface area contributed by atoms with Gasteiger partial charge in [-0.05, 0) is 44.2 Å². The number of carbonyl (C=O) groups excluding carboxylic acids is 1. The van der Waals surface area contributed by atoms with E-state index in [1.165, 1.54) is 26.1 Å². The highest BCUT2D eigenvalue weighted by Gasteiger charge is 2.23. The summed E-state index contributed by atoms with van der Waals surface area (Å²) in [5.74, 6) is -0.505. The Morgan fingerprint density at radius 2 is 1.37 bits per heavy atom. The molecular weight excluding hydrogens is 358 g/mol. The standard InChI is InChI=1S/C23H31NO2.ClH/c1-3-24(4-2)18-12-7-13-19-26-23(25)22(20-14-8-5-9-15-20)21-16-10-6-11-17-21;/h5-6,8-11,14-17,22H,3-4,7,12-13,18-19H2,1-2H3;1H. The van der Waals surface area contributed by atoms with E-state index < -0.39 is 0 Å². The van der Waals surface area contributed by atoms with Gasteiger partial charge in [-0.2, -0.15) is 0 Å². The number of nitrogens with one attached hydrogen (secondary N) is 1. The molecule has 0 radical (unpaired) electrons. The van der Waals surface area contributed by atoms with Gasteiger partial charge in [-0.1, -0.05) is 60.7 Å². The fourth-order valence-electron chi connectivity index (χ4n) is 3.27. The number of halogens is 1. The van der Waals surface area contributed by atoms with Crippen molar-refractivity contribution in [3.8, 4) is 0 Å². The molecule has 0 unspecified atom stereocenters. The Balaban J connectivity index is 0.00000364. The summed E-state index contributed by atoms with van der Waals surface area (Å²) in [5, 5.41) is 0. The van der Waals surface area contributed by atoms with E-state index >= 15 is 0 Å². The molecule has 0 spiro atoms. The molecule has 0 aromatic heterocycles. The number of unbranched alkanes of at least 4 members (excludes halogenated alkanes) is 2. The monoisotopic (exact) mass is 389 g/mol. The number of ether oxygens (including phenoxy) is 1. The van der Waals surface area contributed by atoms with Crippen molar-refractivity contribution < 1.29 is 26.8 Å². The van der Waals surface area contributed by atoms with Crippen LogP contribution in [0.25, 0.3) is 0 Å². The van der Waals surface area contributed by atoms with E-state index in [0.717, 1.165) is 24.0 Å². The zero-order valence-corrected chi connectivity index (χ0v) is 17.3. The summed E-state index contributed by atoms with van der Waals surface area (Å²) in [7, 11) is 0. The number of carbonyl (C=O) groups is 1. The molecule has 2 aromatic rings. The maximum absolute atomic E-state index is 12.8. The average molecular weight is 390 g/mol. The molecule has 0 aliphatic carbocycles. The van der Waals surface area contributed by atoms with Gasteiger partial charge in [0.15, 0.2) is 0 Å². The fourth-order valence-corrected chi connectivity index (χ4v) is 3.27. The van der Waals surface area contributed by atoms with Gasteiger partial charge < -0.3 is 22.0 Å². The highest BCUT2D eigenvalue weighted by molar-refractivity contribution is 5.82. The zero-order valence-electron chi connectivity index (χ0n) is 16.5. The molecule has 0 amide bonds. The van der Waals surface area contributed by atoms with Crippen LogP contribution in [-0.2, 0) is 9.53 Å². The van der Waals surface area contributed by atoms with Gasteiger partial charge in [-0.25, -0.2) is 0 Å².